The largest absolute Gasteiger partial charge is 0.489 e. The normalized spacial score (nSPS) is 11.5. The second kappa shape index (κ2) is 8.38. The number of alkyl halides is 3. The van der Waals surface area contributed by atoms with Crippen molar-refractivity contribution in [2.24, 2.45) is 0 Å². The van der Waals surface area contributed by atoms with E-state index in [0.29, 0.717) is 5.01 Å². The lowest BCUT2D eigenvalue weighted by atomic mass is 10.1. The third-order valence-electron chi connectivity index (χ3n) is 3.90. The SMILES string of the molecule is O=C(O)c1csc(Cc2cc(C(F)(F)F)ccc2OCc2ccc(Cl)cc2F)n1. The zero-order valence-corrected chi connectivity index (χ0v) is 16.0. The summed E-state index contributed by atoms with van der Waals surface area (Å²) in [6.45, 7) is -0.223. The van der Waals surface area contributed by atoms with Gasteiger partial charge < -0.3 is 9.84 Å². The van der Waals surface area contributed by atoms with Gasteiger partial charge in [0.1, 0.15) is 18.2 Å². The summed E-state index contributed by atoms with van der Waals surface area (Å²) >= 11 is 6.71. The molecule has 0 aliphatic carbocycles. The number of rotatable bonds is 6. The van der Waals surface area contributed by atoms with E-state index in [4.69, 9.17) is 21.4 Å². The van der Waals surface area contributed by atoms with Gasteiger partial charge in [-0.2, -0.15) is 13.2 Å². The second-order valence-corrected chi connectivity index (χ2v) is 7.33. The van der Waals surface area contributed by atoms with Gasteiger partial charge >= 0.3 is 12.1 Å². The fourth-order valence-electron chi connectivity index (χ4n) is 2.48. The van der Waals surface area contributed by atoms with Crippen molar-refractivity contribution in [3.05, 3.63) is 80.0 Å². The minimum absolute atomic E-state index is 0.0691. The molecule has 0 spiro atoms. The third-order valence-corrected chi connectivity index (χ3v) is 4.98. The number of hydrogen-bond acceptors (Lipinski definition) is 4. The van der Waals surface area contributed by atoms with Gasteiger partial charge in [-0.3, -0.25) is 0 Å². The molecule has 10 heteroatoms. The van der Waals surface area contributed by atoms with Crippen LogP contribution in [0.3, 0.4) is 0 Å². The van der Waals surface area contributed by atoms with Gasteiger partial charge in [0.15, 0.2) is 5.69 Å². The molecule has 3 aromatic rings. The molecule has 0 saturated carbocycles. The molecule has 1 N–H and O–H groups in total. The van der Waals surface area contributed by atoms with Gasteiger partial charge in [0, 0.05) is 28.0 Å². The Morgan fingerprint density at radius 3 is 2.55 bits per heavy atom. The first-order chi connectivity index (χ1) is 13.6. The van der Waals surface area contributed by atoms with Crippen LogP contribution in [-0.2, 0) is 19.2 Å². The van der Waals surface area contributed by atoms with Crippen LogP contribution in [0.15, 0.2) is 41.8 Å². The van der Waals surface area contributed by atoms with Gasteiger partial charge in [-0.05, 0) is 30.3 Å². The Bertz CT molecular complexity index is 1050. The van der Waals surface area contributed by atoms with Gasteiger partial charge in [-0.15, -0.1) is 11.3 Å². The van der Waals surface area contributed by atoms with Crippen LogP contribution in [-0.4, -0.2) is 16.1 Å². The molecule has 29 heavy (non-hydrogen) atoms. The molecule has 3 rings (SSSR count). The van der Waals surface area contributed by atoms with Crippen molar-refractivity contribution in [3.8, 4) is 5.75 Å². The van der Waals surface area contributed by atoms with Crippen LogP contribution in [0.4, 0.5) is 17.6 Å². The number of thiazole rings is 1. The molecule has 0 aliphatic heterocycles. The number of aromatic carboxylic acids is 1. The van der Waals surface area contributed by atoms with E-state index < -0.39 is 23.5 Å². The van der Waals surface area contributed by atoms with Crippen LogP contribution < -0.4 is 4.74 Å². The van der Waals surface area contributed by atoms with Crippen LogP contribution in [0.1, 0.15) is 32.2 Å². The fraction of sp³-hybridized carbons (Fsp3) is 0.158. The molecule has 2 aromatic carbocycles. The summed E-state index contributed by atoms with van der Waals surface area (Å²) in [4.78, 5) is 14.8. The maximum Gasteiger partial charge on any atom is 0.416 e. The van der Waals surface area contributed by atoms with Gasteiger partial charge in [0.25, 0.3) is 0 Å². The summed E-state index contributed by atoms with van der Waals surface area (Å²) in [6, 6.07) is 6.92. The van der Waals surface area contributed by atoms with Crippen molar-refractivity contribution in [2.45, 2.75) is 19.2 Å². The summed E-state index contributed by atoms with van der Waals surface area (Å²) in [6.07, 6.45) is -4.63. The minimum atomic E-state index is -4.56. The third kappa shape index (κ3) is 5.24. The Morgan fingerprint density at radius 2 is 1.93 bits per heavy atom. The van der Waals surface area contributed by atoms with E-state index in [1.165, 1.54) is 17.5 Å². The Labute approximate surface area is 171 Å². The zero-order chi connectivity index (χ0) is 21.2. The van der Waals surface area contributed by atoms with Gasteiger partial charge in [0.2, 0.25) is 0 Å². The quantitative estimate of drug-likeness (QED) is 0.485. The standard InChI is InChI=1S/C19H12ClF4NO3S/c20-13-3-1-10(14(21)7-13)8-28-16-4-2-12(19(22,23)24)5-11(16)6-17-25-15(9-29-17)18(26)27/h1-5,7,9H,6,8H2,(H,26,27). The number of carboxylic acid groups (broad SMARTS) is 1. The van der Waals surface area contributed by atoms with E-state index in [1.807, 2.05) is 0 Å². The Balaban J connectivity index is 1.89. The number of carbonyl (C=O) groups is 1. The predicted molar refractivity (Wildman–Crippen MR) is 99.1 cm³/mol. The molecule has 0 saturated heterocycles. The molecule has 0 bridgehead atoms. The molecule has 0 atom stereocenters. The first-order valence-electron chi connectivity index (χ1n) is 8.08. The van der Waals surface area contributed by atoms with E-state index in [1.54, 1.807) is 0 Å². The van der Waals surface area contributed by atoms with E-state index in [-0.39, 0.29) is 40.6 Å². The van der Waals surface area contributed by atoms with E-state index in [9.17, 15) is 22.4 Å². The Kier molecular flexibility index (Phi) is 6.09. The number of aromatic nitrogens is 1. The summed E-state index contributed by atoms with van der Waals surface area (Å²) < 4.78 is 58.8. The summed E-state index contributed by atoms with van der Waals surface area (Å²) in [5.41, 5.74) is -0.738. The highest BCUT2D eigenvalue weighted by Gasteiger charge is 2.31. The van der Waals surface area contributed by atoms with Crippen molar-refractivity contribution in [1.82, 2.24) is 4.98 Å². The van der Waals surface area contributed by atoms with Gasteiger partial charge in [-0.25, -0.2) is 14.2 Å². The molecule has 0 aliphatic rings. The van der Waals surface area contributed by atoms with Gasteiger partial charge in [0.05, 0.1) is 10.6 Å². The Morgan fingerprint density at radius 1 is 1.17 bits per heavy atom. The number of halogens is 5. The van der Waals surface area contributed by atoms with Crippen LogP contribution in [0.25, 0.3) is 0 Å². The molecule has 0 radical (unpaired) electrons. The van der Waals surface area contributed by atoms with E-state index in [2.05, 4.69) is 4.98 Å². The molecular weight excluding hydrogens is 434 g/mol. The summed E-state index contributed by atoms with van der Waals surface area (Å²) in [7, 11) is 0. The van der Waals surface area contributed by atoms with Crippen molar-refractivity contribution in [3.63, 3.8) is 0 Å². The minimum Gasteiger partial charge on any atom is -0.489 e. The second-order valence-electron chi connectivity index (χ2n) is 5.95. The lowest BCUT2D eigenvalue weighted by Gasteiger charge is -2.14. The maximum atomic E-state index is 13.9. The highest BCUT2D eigenvalue weighted by atomic mass is 35.5. The topological polar surface area (TPSA) is 59.4 Å². The number of benzene rings is 2. The molecule has 4 nitrogen and oxygen atoms in total. The number of ether oxygens (including phenoxy) is 1. The number of nitrogens with zero attached hydrogens (tertiary/aromatic N) is 1. The number of carboxylic acids is 1. The fourth-order valence-corrected chi connectivity index (χ4v) is 3.43. The van der Waals surface area contributed by atoms with Crippen molar-refractivity contribution >= 4 is 28.9 Å². The predicted octanol–water partition coefficient (Wildman–Crippen LogP) is 5.82. The van der Waals surface area contributed by atoms with E-state index >= 15 is 0 Å². The molecule has 0 unspecified atom stereocenters. The lowest BCUT2D eigenvalue weighted by molar-refractivity contribution is -0.137. The van der Waals surface area contributed by atoms with Crippen LogP contribution >= 0.6 is 22.9 Å². The molecule has 1 heterocycles. The highest BCUT2D eigenvalue weighted by molar-refractivity contribution is 7.09. The average Bonchev–Trinajstić information content (AvgIpc) is 3.10. The molecule has 1 aromatic heterocycles. The summed E-state index contributed by atoms with van der Waals surface area (Å²) in [5, 5.41) is 10.8. The molecular formula is C19H12ClF4NO3S. The molecule has 0 fully saturated rings. The first-order valence-corrected chi connectivity index (χ1v) is 9.34. The molecule has 0 amide bonds. The monoisotopic (exact) mass is 445 g/mol. The average molecular weight is 446 g/mol. The van der Waals surface area contributed by atoms with Crippen molar-refractivity contribution < 1.29 is 32.2 Å². The number of hydrogen-bond donors (Lipinski definition) is 1. The maximum absolute atomic E-state index is 13.9. The lowest BCUT2D eigenvalue weighted by Crippen LogP contribution is -2.08. The first kappa shape index (κ1) is 21.1. The summed E-state index contributed by atoms with van der Waals surface area (Å²) in [5.74, 6) is -1.72. The zero-order valence-electron chi connectivity index (χ0n) is 14.5. The van der Waals surface area contributed by atoms with E-state index in [0.717, 1.165) is 35.6 Å². The van der Waals surface area contributed by atoms with Crippen LogP contribution in [0.2, 0.25) is 5.02 Å². The Hall–Kier alpha value is -2.65. The molecule has 152 valence electrons. The van der Waals surface area contributed by atoms with Crippen LogP contribution in [0.5, 0.6) is 5.75 Å². The van der Waals surface area contributed by atoms with Crippen molar-refractivity contribution in [2.75, 3.05) is 0 Å². The smallest absolute Gasteiger partial charge is 0.416 e. The van der Waals surface area contributed by atoms with Crippen molar-refractivity contribution in [1.29, 1.82) is 0 Å². The van der Waals surface area contributed by atoms with Gasteiger partial charge in [-0.1, -0.05) is 17.7 Å². The van der Waals surface area contributed by atoms with Crippen LogP contribution in [0, 0.1) is 5.82 Å². The highest BCUT2D eigenvalue weighted by Crippen LogP contribution is 2.34.